The molecule has 2 heteroatoms. The summed E-state index contributed by atoms with van der Waals surface area (Å²) in [4.78, 5) is 0. The Morgan fingerprint density at radius 2 is 2.27 bits per heavy atom. The molecular formula is C13H18N2. The molecule has 1 heterocycles. The maximum Gasteiger partial charge on any atom is 0.0467 e. The van der Waals surface area contributed by atoms with Crippen LogP contribution < -0.4 is 10.6 Å². The number of hydrogen-bond acceptors (Lipinski definition) is 2. The van der Waals surface area contributed by atoms with E-state index >= 15 is 0 Å². The van der Waals surface area contributed by atoms with E-state index in [1.54, 1.807) is 0 Å². The number of anilines is 1. The molecule has 1 fully saturated rings. The van der Waals surface area contributed by atoms with Crippen molar-refractivity contribution in [3.63, 3.8) is 0 Å². The summed E-state index contributed by atoms with van der Waals surface area (Å²) >= 11 is 0. The van der Waals surface area contributed by atoms with Crippen LogP contribution in [0, 0.1) is 6.92 Å². The Balaban J connectivity index is 2.02. The number of benzene rings is 1. The summed E-state index contributed by atoms with van der Waals surface area (Å²) in [5.74, 6) is 0. The van der Waals surface area contributed by atoms with E-state index in [0.29, 0.717) is 6.04 Å². The highest BCUT2D eigenvalue weighted by Gasteiger charge is 2.17. The van der Waals surface area contributed by atoms with E-state index in [4.69, 9.17) is 0 Å². The molecule has 1 saturated heterocycles. The second kappa shape index (κ2) is 4.49. The van der Waals surface area contributed by atoms with Crippen LogP contribution >= 0.6 is 0 Å². The third-order valence-corrected chi connectivity index (χ3v) is 2.92. The Morgan fingerprint density at radius 3 is 2.93 bits per heavy atom. The SMILES string of the molecule is C=C(Nc1ccccc1C)[C@@H]1CCCN1. The number of para-hydroxylation sites is 1. The minimum atomic E-state index is 0.435. The first kappa shape index (κ1) is 10.2. The number of hydrogen-bond donors (Lipinski definition) is 2. The van der Waals surface area contributed by atoms with Gasteiger partial charge in [-0.05, 0) is 37.9 Å². The maximum absolute atomic E-state index is 4.10. The van der Waals surface area contributed by atoms with Crippen molar-refractivity contribution in [2.45, 2.75) is 25.8 Å². The summed E-state index contributed by atoms with van der Waals surface area (Å²) < 4.78 is 0. The van der Waals surface area contributed by atoms with Gasteiger partial charge < -0.3 is 10.6 Å². The fraction of sp³-hybridized carbons (Fsp3) is 0.385. The van der Waals surface area contributed by atoms with Gasteiger partial charge in [-0.25, -0.2) is 0 Å². The van der Waals surface area contributed by atoms with Gasteiger partial charge in [-0.3, -0.25) is 0 Å². The summed E-state index contributed by atoms with van der Waals surface area (Å²) in [6, 6.07) is 8.74. The molecule has 15 heavy (non-hydrogen) atoms. The second-order valence-electron chi connectivity index (χ2n) is 4.11. The molecule has 0 spiro atoms. The topological polar surface area (TPSA) is 24.1 Å². The molecule has 0 bridgehead atoms. The summed E-state index contributed by atoms with van der Waals surface area (Å²) in [7, 11) is 0. The van der Waals surface area contributed by atoms with Crippen LogP contribution in [0.25, 0.3) is 0 Å². The standard InChI is InChI=1S/C13H18N2/c1-10-6-3-4-7-12(10)15-11(2)13-8-5-9-14-13/h3-4,6-7,13-15H,2,5,8-9H2,1H3/t13-/m0/s1. The molecule has 0 aliphatic carbocycles. The number of aryl methyl sites for hydroxylation is 1. The van der Waals surface area contributed by atoms with Gasteiger partial charge in [0.2, 0.25) is 0 Å². The first-order valence-corrected chi connectivity index (χ1v) is 5.52. The zero-order valence-electron chi connectivity index (χ0n) is 9.22. The lowest BCUT2D eigenvalue weighted by Crippen LogP contribution is -2.26. The van der Waals surface area contributed by atoms with Crippen molar-refractivity contribution >= 4 is 5.69 Å². The second-order valence-corrected chi connectivity index (χ2v) is 4.11. The van der Waals surface area contributed by atoms with Crippen molar-refractivity contribution in [3.05, 3.63) is 42.1 Å². The highest BCUT2D eigenvalue weighted by molar-refractivity contribution is 5.54. The molecule has 2 nitrogen and oxygen atoms in total. The Morgan fingerprint density at radius 1 is 1.47 bits per heavy atom. The largest absolute Gasteiger partial charge is 0.358 e. The Kier molecular flexibility index (Phi) is 3.07. The smallest absolute Gasteiger partial charge is 0.0467 e. The van der Waals surface area contributed by atoms with Crippen LogP contribution in [0.15, 0.2) is 36.5 Å². The predicted octanol–water partition coefficient (Wildman–Crippen LogP) is 2.67. The monoisotopic (exact) mass is 202 g/mol. The molecule has 2 rings (SSSR count). The lowest BCUT2D eigenvalue weighted by atomic mass is 10.1. The summed E-state index contributed by atoms with van der Waals surface area (Å²) in [5.41, 5.74) is 3.51. The maximum atomic E-state index is 4.10. The third-order valence-electron chi connectivity index (χ3n) is 2.92. The molecule has 80 valence electrons. The van der Waals surface area contributed by atoms with Crippen LogP contribution in [0.5, 0.6) is 0 Å². The molecule has 0 amide bonds. The van der Waals surface area contributed by atoms with E-state index in [2.05, 4.69) is 42.3 Å². The molecule has 1 aromatic carbocycles. The summed E-state index contributed by atoms with van der Waals surface area (Å²) in [5, 5.41) is 6.83. The average Bonchev–Trinajstić information content (AvgIpc) is 2.74. The molecule has 0 saturated carbocycles. The number of nitrogens with one attached hydrogen (secondary N) is 2. The minimum absolute atomic E-state index is 0.435. The molecule has 0 radical (unpaired) electrons. The third kappa shape index (κ3) is 2.39. The zero-order chi connectivity index (χ0) is 10.7. The van der Waals surface area contributed by atoms with Crippen LogP contribution in [0.4, 0.5) is 5.69 Å². The van der Waals surface area contributed by atoms with Crippen LogP contribution in [0.2, 0.25) is 0 Å². The van der Waals surface area contributed by atoms with E-state index in [9.17, 15) is 0 Å². The molecular weight excluding hydrogens is 184 g/mol. The highest BCUT2D eigenvalue weighted by Crippen LogP contribution is 2.19. The van der Waals surface area contributed by atoms with Crippen molar-refractivity contribution in [1.82, 2.24) is 5.32 Å². The van der Waals surface area contributed by atoms with Gasteiger partial charge in [0, 0.05) is 17.4 Å². The number of rotatable bonds is 3. The van der Waals surface area contributed by atoms with Gasteiger partial charge in [0.1, 0.15) is 0 Å². The van der Waals surface area contributed by atoms with Gasteiger partial charge in [0.15, 0.2) is 0 Å². The molecule has 0 unspecified atom stereocenters. The lowest BCUT2D eigenvalue weighted by molar-refractivity contribution is 0.695. The molecule has 1 atom stereocenters. The van der Waals surface area contributed by atoms with Gasteiger partial charge in [-0.2, -0.15) is 0 Å². The highest BCUT2D eigenvalue weighted by atomic mass is 15.0. The van der Waals surface area contributed by atoms with Gasteiger partial charge in [0.05, 0.1) is 0 Å². The molecule has 1 aliphatic rings. The Hall–Kier alpha value is -1.28. The van der Waals surface area contributed by atoms with Gasteiger partial charge in [0.25, 0.3) is 0 Å². The van der Waals surface area contributed by atoms with Crippen molar-refractivity contribution in [3.8, 4) is 0 Å². The fourth-order valence-electron chi connectivity index (χ4n) is 1.96. The van der Waals surface area contributed by atoms with Gasteiger partial charge in [-0.15, -0.1) is 0 Å². The first-order chi connectivity index (χ1) is 7.27. The van der Waals surface area contributed by atoms with Crippen LogP contribution in [-0.4, -0.2) is 12.6 Å². The van der Waals surface area contributed by atoms with Crippen molar-refractivity contribution in [2.24, 2.45) is 0 Å². The van der Waals surface area contributed by atoms with E-state index in [0.717, 1.165) is 17.9 Å². The summed E-state index contributed by atoms with van der Waals surface area (Å²) in [6.45, 7) is 7.32. The first-order valence-electron chi connectivity index (χ1n) is 5.52. The lowest BCUT2D eigenvalue weighted by Gasteiger charge is -2.17. The molecule has 2 N–H and O–H groups in total. The van der Waals surface area contributed by atoms with Crippen LogP contribution in [0.3, 0.4) is 0 Å². The predicted molar refractivity (Wildman–Crippen MR) is 65.0 cm³/mol. The molecule has 1 aliphatic heterocycles. The fourth-order valence-corrected chi connectivity index (χ4v) is 1.96. The Labute approximate surface area is 91.4 Å². The molecule has 1 aromatic rings. The quantitative estimate of drug-likeness (QED) is 0.787. The zero-order valence-corrected chi connectivity index (χ0v) is 9.22. The van der Waals surface area contributed by atoms with E-state index in [-0.39, 0.29) is 0 Å². The Bertz CT molecular complexity index is 351. The minimum Gasteiger partial charge on any atom is -0.358 e. The van der Waals surface area contributed by atoms with Crippen LogP contribution in [-0.2, 0) is 0 Å². The van der Waals surface area contributed by atoms with Gasteiger partial charge >= 0.3 is 0 Å². The van der Waals surface area contributed by atoms with Crippen molar-refractivity contribution < 1.29 is 0 Å². The van der Waals surface area contributed by atoms with Gasteiger partial charge in [-0.1, -0.05) is 24.8 Å². The van der Waals surface area contributed by atoms with Crippen molar-refractivity contribution in [1.29, 1.82) is 0 Å². The average molecular weight is 202 g/mol. The normalized spacial score (nSPS) is 20.2. The van der Waals surface area contributed by atoms with Crippen molar-refractivity contribution in [2.75, 3.05) is 11.9 Å². The summed E-state index contributed by atoms with van der Waals surface area (Å²) in [6.07, 6.45) is 2.44. The van der Waals surface area contributed by atoms with E-state index in [1.165, 1.54) is 18.4 Å². The van der Waals surface area contributed by atoms with Crippen LogP contribution in [0.1, 0.15) is 18.4 Å². The molecule has 0 aromatic heterocycles. The van der Waals surface area contributed by atoms with E-state index in [1.807, 2.05) is 6.07 Å². The van der Waals surface area contributed by atoms with E-state index < -0.39 is 0 Å².